The van der Waals surface area contributed by atoms with E-state index in [1.807, 2.05) is 65.0 Å². The highest BCUT2D eigenvalue weighted by molar-refractivity contribution is 6.37. The Morgan fingerprint density at radius 1 is 0.863 bits per heavy atom. The van der Waals surface area contributed by atoms with Crippen LogP contribution in [0.3, 0.4) is 0 Å². The number of amides is 2. The van der Waals surface area contributed by atoms with Crippen molar-refractivity contribution >= 4 is 36.0 Å². The quantitative estimate of drug-likeness (QED) is 0.0222. The fraction of sp³-hybridized carbons (Fsp3) is 0.726. The molecule has 5 rings (SSSR count). The number of Topliss-reactive ketones (excluding diaryl/α,β-unsaturated/α-hetero) is 2. The van der Waals surface area contributed by atoms with Crippen molar-refractivity contribution in [3.8, 4) is 0 Å². The number of hydrogen-bond acceptors (Lipinski definition) is 16. The van der Waals surface area contributed by atoms with E-state index in [4.69, 9.17) is 28.4 Å². The maximum absolute atomic E-state index is 13.3. The number of allylic oxidation sites excluding steroid dienone is 5. The SMILES string of the molecule is CCOCCN1CCN(c2ncc(CNC(=O)O[C@H]3CC[C@H](CC[C@H](C[C@@H](OC)[C@H](C)/C=C(\C)[C@@H](O)CC(=O)[C@H](C)C[C@H](C)/C=C/C=C/C=C(\C)[C@H](CC4CCCC(C(=O)C(=O)N5CCCCC5)O4)OC)OC=O)CC3)cn2)CC1. The average Bonchev–Trinajstić information content (AvgIpc) is 3.48. The zero-order chi connectivity index (χ0) is 57.8. The van der Waals surface area contributed by atoms with E-state index in [9.17, 15) is 29.1 Å². The number of piperazine rings is 1. The Morgan fingerprint density at radius 3 is 2.26 bits per heavy atom. The molecule has 1 aliphatic carbocycles. The molecule has 18 nitrogen and oxygen atoms in total. The third-order valence-electron chi connectivity index (χ3n) is 16.6. The minimum Gasteiger partial charge on any atom is -0.464 e. The van der Waals surface area contributed by atoms with Crippen molar-refractivity contribution in [2.75, 3.05) is 78.1 Å². The molecule has 0 bridgehead atoms. The largest absolute Gasteiger partial charge is 0.464 e. The summed E-state index contributed by atoms with van der Waals surface area (Å²) in [6.45, 7) is 19.9. The number of nitrogens with one attached hydrogen (secondary N) is 1. The van der Waals surface area contributed by atoms with Crippen LogP contribution in [0.1, 0.15) is 150 Å². The van der Waals surface area contributed by atoms with Crippen LogP contribution in [0.15, 0.2) is 60.0 Å². The van der Waals surface area contributed by atoms with E-state index in [1.165, 1.54) is 0 Å². The van der Waals surface area contributed by atoms with E-state index in [1.54, 1.807) is 31.5 Å². The number of carbonyl (C=O) groups excluding carboxylic acids is 5. The maximum Gasteiger partial charge on any atom is 0.407 e. The smallest absolute Gasteiger partial charge is 0.407 e. The number of nitrogens with zero attached hydrogens (tertiary/aromatic N) is 5. The van der Waals surface area contributed by atoms with Crippen LogP contribution < -0.4 is 10.2 Å². The molecule has 4 fully saturated rings. The Kier molecular flexibility index (Phi) is 29.6. The summed E-state index contributed by atoms with van der Waals surface area (Å²) in [7, 11) is 3.31. The molecule has 3 saturated heterocycles. The van der Waals surface area contributed by atoms with Gasteiger partial charge in [0.05, 0.1) is 31.0 Å². The van der Waals surface area contributed by atoms with Gasteiger partial charge in [-0.25, -0.2) is 14.8 Å². The topological polar surface area (TPSA) is 208 Å². The number of aliphatic hydroxyl groups excluding tert-OH is 1. The van der Waals surface area contributed by atoms with E-state index in [-0.39, 0.29) is 67.0 Å². The molecule has 2 amide bonds. The number of ketones is 2. The van der Waals surface area contributed by atoms with Crippen molar-refractivity contribution in [1.82, 2.24) is 25.1 Å². The van der Waals surface area contributed by atoms with Gasteiger partial charge in [-0.05, 0) is 127 Å². The third kappa shape index (κ3) is 22.8. The number of carbonyl (C=O) groups is 5. The normalized spacial score (nSPS) is 23.5. The highest BCUT2D eigenvalue weighted by atomic mass is 16.6. The summed E-state index contributed by atoms with van der Waals surface area (Å²) in [6.07, 6.45) is 24.0. The van der Waals surface area contributed by atoms with E-state index in [2.05, 4.69) is 38.1 Å². The number of piperidine rings is 1. The van der Waals surface area contributed by atoms with Crippen LogP contribution in [0.5, 0.6) is 0 Å². The Hall–Kier alpha value is -4.85. The van der Waals surface area contributed by atoms with Gasteiger partial charge in [-0.3, -0.25) is 24.1 Å². The number of likely N-dealkylation sites (tertiary alicyclic amines) is 1. The van der Waals surface area contributed by atoms with Crippen LogP contribution in [0.2, 0.25) is 0 Å². The number of methoxy groups -OCH3 is 2. The highest BCUT2D eigenvalue weighted by Crippen LogP contribution is 2.32. The first-order valence-corrected chi connectivity index (χ1v) is 29.9. The Labute approximate surface area is 477 Å². The molecule has 0 radical (unpaired) electrons. The van der Waals surface area contributed by atoms with Crippen LogP contribution in [0.4, 0.5) is 10.7 Å². The van der Waals surface area contributed by atoms with Gasteiger partial charge in [0.25, 0.3) is 12.4 Å². The monoisotopic (exact) mass is 1120 g/mol. The molecule has 4 heterocycles. The van der Waals surface area contributed by atoms with Crippen molar-refractivity contribution in [3.63, 3.8) is 0 Å². The predicted octanol–water partition coefficient (Wildman–Crippen LogP) is 8.69. The summed E-state index contributed by atoms with van der Waals surface area (Å²) in [5.74, 6) is 0.0347. The van der Waals surface area contributed by atoms with Gasteiger partial charge in [0.15, 0.2) is 0 Å². The molecule has 9 atom stereocenters. The second-order valence-electron chi connectivity index (χ2n) is 22.9. The molecular formula is C62H98N6O12. The summed E-state index contributed by atoms with van der Waals surface area (Å²) in [4.78, 5) is 78.9. The number of ether oxygens (including phenoxy) is 6. The molecule has 2 unspecified atom stereocenters. The summed E-state index contributed by atoms with van der Waals surface area (Å²) in [5, 5.41) is 14.0. The second kappa shape index (κ2) is 35.9. The number of anilines is 1. The van der Waals surface area contributed by atoms with E-state index in [0.29, 0.717) is 69.1 Å². The number of hydrogen-bond donors (Lipinski definition) is 2. The fourth-order valence-corrected chi connectivity index (χ4v) is 11.5. The Balaban J connectivity index is 0.957. The molecule has 4 aliphatic rings. The van der Waals surface area contributed by atoms with Gasteiger partial charge in [0.2, 0.25) is 11.7 Å². The van der Waals surface area contributed by atoms with E-state index in [0.717, 1.165) is 121 Å². The van der Waals surface area contributed by atoms with Gasteiger partial charge in [-0.2, -0.15) is 0 Å². The summed E-state index contributed by atoms with van der Waals surface area (Å²) in [6, 6.07) is 0. The lowest BCUT2D eigenvalue weighted by atomic mass is 9.83. The number of alkyl carbamates (subject to hydrolysis) is 1. The molecule has 1 aromatic heterocycles. The van der Waals surface area contributed by atoms with Crippen molar-refractivity contribution in [2.24, 2.45) is 23.7 Å². The lowest BCUT2D eigenvalue weighted by molar-refractivity contribution is -0.157. The van der Waals surface area contributed by atoms with Gasteiger partial charge in [0, 0.05) is 122 Å². The summed E-state index contributed by atoms with van der Waals surface area (Å²) < 4.78 is 34.8. The zero-order valence-corrected chi connectivity index (χ0v) is 49.6. The van der Waals surface area contributed by atoms with Gasteiger partial charge >= 0.3 is 6.09 Å². The molecule has 3 aliphatic heterocycles. The molecule has 448 valence electrons. The predicted molar refractivity (Wildman–Crippen MR) is 309 cm³/mol. The first-order chi connectivity index (χ1) is 38.6. The van der Waals surface area contributed by atoms with Crippen molar-refractivity contribution in [3.05, 3.63) is 65.6 Å². The van der Waals surface area contributed by atoms with Crippen LogP contribution in [0.25, 0.3) is 0 Å². The average molecular weight is 1120 g/mol. The van der Waals surface area contributed by atoms with Crippen LogP contribution in [0, 0.1) is 23.7 Å². The summed E-state index contributed by atoms with van der Waals surface area (Å²) in [5.41, 5.74) is 2.52. The third-order valence-corrected chi connectivity index (χ3v) is 16.6. The maximum atomic E-state index is 13.3. The molecule has 1 aromatic rings. The molecule has 18 heteroatoms. The number of rotatable bonds is 33. The van der Waals surface area contributed by atoms with Crippen LogP contribution >= 0.6 is 0 Å². The van der Waals surface area contributed by atoms with Gasteiger partial charge in [-0.15, -0.1) is 0 Å². The number of aliphatic hydroxyl groups is 1. The van der Waals surface area contributed by atoms with Crippen LogP contribution in [-0.4, -0.2) is 171 Å². The molecular weight excluding hydrogens is 1020 g/mol. The first-order valence-electron chi connectivity index (χ1n) is 29.9. The standard InChI is InChI=1S/C62H98N6O12/c1-9-77-34-33-66-29-31-68(32-30-66)61-63-40-50(41-64-61)42-65-62(74)80-51-24-21-49(22-25-51)23-26-52(78-43-69)37-58(76-8)48(6)36-47(5)55(71)39-54(70)46(4)35-44(2)17-12-10-13-18-45(3)57(75-7)38-53-19-16-20-56(79-53)59(72)60(73)67-27-14-11-15-28-67/h10,12-13,17-18,36,40-41,43-44,46,48-49,51-53,55-58,71H,9,11,14-16,19-35,37-39,42H2,1-8H3,(H,65,74)/b13-10+,17-12+,45-18+,47-36+/t44-,46-,48-,49-,51-,52-,53?,55+,56?,57+,58-/m1/s1. The lowest BCUT2D eigenvalue weighted by Gasteiger charge is -2.34. The minimum atomic E-state index is -0.931. The zero-order valence-electron chi connectivity index (χ0n) is 49.6. The van der Waals surface area contributed by atoms with Gasteiger partial charge < -0.3 is 48.6 Å². The Bertz CT molecular complexity index is 2150. The fourth-order valence-electron chi connectivity index (χ4n) is 11.5. The Morgan fingerprint density at radius 2 is 1.59 bits per heavy atom. The number of aromatic nitrogens is 2. The molecule has 1 saturated carbocycles. The van der Waals surface area contributed by atoms with Crippen molar-refractivity contribution < 1.29 is 57.5 Å². The van der Waals surface area contributed by atoms with Crippen molar-refractivity contribution in [1.29, 1.82) is 0 Å². The molecule has 80 heavy (non-hydrogen) atoms. The molecule has 2 N–H and O–H groups in total. The van der Waals surface area contributed by atoms with E-state index < -0.39 is 30.0 Å². The summed E-state index contributed by atoms with van der Waals surface area (Å²) >= 11 is 0. The minimum absolute atomic E-state index is 0.00182. The lowest BCUT2D eigenvalue weighted by Crippen LogP contribution is -2.47. The first kappa shape index (κ1) is 66.0. The van der Waals surface area contributed by atoms with Gasteiger partial charge in [0.1, 0.15) is 24.1 Å². The molecule has 0 aromatic carbocycles. The van der Waals surface area contributed by atoms with E-state index >= 15 is 0 Å². The van der Waals surface area contributed by atoms with Crippen LogP contribution in [-0.2, 0) is 54.1 Å². The second-order valence-corrected chi connectivity index (χ2v) is 22.9. The van der Waals surface area contributed by atoms with Gasteiger partial charge in [-0.1, -0.05) is 57.2 Å². The highest BCUT2D eigenvalue weighted by Gasteiger charge is 2.36. The van der Waals surface area contributed by atoms with Crippen molar-refractivity contribution in [2.45, 2.75) is 194 Å². The molecule has 0 spiro atoms.